The molecule has 100 valence electrons. The lowest BCUT2D eigenvalue weighted by atomic mass is 10.1. The van der Waals surface area contributed by atoms with Crippen LogP contribution in [0.1, 0.15) is 5.56 Å². The minimum atomic E-state index is -0.559. The SMILES string of the molecule is CN(C)CCNC(=O)C(N)Cc1ccc(O)cc1. The highest BCUT2D eigenvalue weighted by molar-refractivity contribution is 5.81. The summed E-state index contributed by atoms with van der Waals surface area (Å²) in [7, 11) is 3.89. The van der Waals surface area contributed by atoms with Gasteiger partial charge in [-0.05, 0) is 38.2 Å². The van der Waals surface area contributed by atoms with E-state index in [2.05, 4.69) is 5.32 Å². The number of carbonyl (C=O) groups is 1. The van der Waals surface area contributed by atoms with Gasteiger partial charge in [-0.3, -0.25) is 4.79 Å². The molecule has 0 spiro atoms. The van der Waals surface area contributed by atoms with Crippen LogP contribution in [-0.4, -0.2) is 49.1 Å². The summed E-state index contributed by atoms with van der Waals surface area (Å²) in [5.41, 5.74) is 6.75. The van der Waals surface area contributed by atoms with Crippen molar-refractivity contribution in [2.45, 2.75) is 12.5 Å². The Morgan fingerprint density at radius 3 is 2.56 bits per heavy atom. The van der Waals surface area contributed by atoms with Crippen molar-refractivity contribution in [1.29, 1.82) is 0 Å². The first-order valence-corrected chi connectivity index (χ1v) is 5.95. The molecule has 0 aliphatic rings. The largest absolute Gasteiger partial charge is 0.508 e. The Hall–Kier alpha value is -1.59. The van der Waals surface area contributed by atoms with Crippen molar-refractivity contribution in [2.75, 3.05) is 27.2 Å². The normalized spacial score (nSPS) is 12.4. The van der Waals surface area contributed by atoms with Gasteiger partial charge in [-0.2, -0.15) is 0 Å². The molecule has 0 aliphatic carbocycles. The van der Waals surface area contributed by atoms with E-state index in [0.717, 1.165) is 12.1 Å². The highest BCUT2D eigenvalue weighted by atomic mass is 16.3. The number of phenolic OH excluding ortho intramolecular Hbond substituents is 1. The first-order valence-electron chi connectivity index (χ1n) is 5.95. The molecule has 5 heteroatoms. The first kappa shape index (κ1) is 14.5. The van der Waals surface area contributed by atoms with Gasteiger partial charge in [-0.1, -0.05) is 12.1 Å². The van der Waals surface area contributed by atoms with Gasteiger partial charge in [0.2, 0.25) is 5.91 Å². The lowest BCUT2D eigenvalue weighted by Crippen LogP contribution is -2.44. The average Bonchev–Trinajstić information content (AvgIpc) is 2.31. The number of carbonyl (C=O) groups excluding carboxylic acids is 1. The zero-order valence-electron chi connectivity index (χ0n) is 10.9. The number of benzene rings is 1. The van der Waals surface area contributed by atoms with E-state index in [1.807, 2.05) is 19.0 Å². The van der Waals surface area contributed by atoms with Crippen molar-refractivity contribution in [2.24, 2.45) is 5.73 Å². The second kappa shape index (κ2) is 6.98. The minimum Gasteiger partial charge on any atom is -0.508 e. The molecule has 0 heterocycles. The predicted molar refractivity (Wildman–Crippen MR) is 71.3 cm³/mol. The number of hydrogen-bond acceptors (Lipinski definition) is 4. The fourth-order valence-corrected chi connectivity index (χ4v) is 1.51. The first-order chi connectivity index (χ1) is 8.49. The molecule has 4 N–H and O–H groups in total. The maximum absolute atomic E-state index is 11.7. The van der Waals surface area contributed by atoms with Crippen molar-refractivity contribution >= 4 is 5.91 Å². The molecule has 0 aliphatic heterocycles. The maximum Gasteiger partial charge on any atom is 0.237 e. The number of nitrogens with two attached hydrogens (primary N) is 1. The molecule has 0 fully saturated rings. The van der Waals surface area contributed by atoms with Gasteiger partial charge >= 0.3 is 0 Å². The number of phenols is 1. The molecule has 1 aromatic rings. The van der Waals surface area contributed by atoms with E-state index >= 15 is 0 Å². The number of rotatable bonds is 6. The molecule has 1 atom stereocenters. The summed E-state index contributed by atoms with van der Waals surface area (Å²) in [4.78, 5) is 13.7. The maximum atomic E-state index is 11.7. The highest BCUT2D eigenvalue weighted by Crippen LogP contribution is 2.10. The third-order valence-electron chi connectivity index (χ3n) is 2.59. The molecule has 1 rings (SSSR count). The minimum absolute atomic E-state index is 0.148. The standard InChI is InChI=1S/C13H21N3O2/c1-16(2)8-7-15-13(18)12(14)9-10-3-5-11(17)6-4-10/h3-6,12,17H,7-9,14H2,1-2H3,(H,15,18). The van der Waals surface area contributed by atoms with Crippen LogP contribution in [0.3, 0.4) is 0 Å². The summed E-state index contributed by atoms with van der Waals surface area (Å²) < 4.78 is 0. The summed E-state index contributed by atoms with van der Waals surface area (Å²) in [5, 5.41) is 11.9. The van der Waals surface area contributed by atoms with Crippen LogP contribution in [0.15, 0.2) is 24.3 Å². The lowest BCUT2D eigenvalue weighted by Gasteiger charge is -2.14. The summed E-state index contributed by atoms with van der Waals surface area (Å²) in [6, 6.07) is 6.15. The molecule has 18 heavy (non-hydrogen) atoms. The van der Waals surface area contributed by atoms with E-state index in [9.17, 15) is 4.79 Å². The monoisotopic (exact) mass is 251 g/mol. The van der Waals surface area contributed by atoms with Gasteiger partial charge in [0.15, 0.2) is 0 Å². The Labute approximate surface area is 108 Å². The van der Waals surface area contributed by atoms with Gasteiger partial charge in [-0.25, -0.2) is 0 Å². The molecular weight excluding hydrogens is 230 g/mol. The van der Waals surface area contributed by atoms with Crippen molar-refractivity contribution in [3.8, 4) is 5.75 Å². The Balaban J connectivity index is 2.37. The number of amides is 1. The van der Waals surface area contributed by atoms with Crippen molar-refractivity contribution in [1.82, 2.24) is 10.2 Å². The van der Waals surface area contributed by atoms with E-state index in [1.165, 1.54) is 0 Å². The van der Waals surface area contributed by atoms with Crippen LogP contribution in [0.4, 0.5) is 0 Å². The smallest absolute Gasteiger partial charge is 0.237 e. The van der Waals surface area contributed by atoms with Crippen LogP contribution in [0.25, 0.3) is 0 Å². The Bertz CT molecular complexity index is 376. The van der Waals surface area contributed by atoms with E-state index in [-0.39, 0.29) is 11.7 Å². The van der Waals surface area contributed by atoms with E-state index in [1.54, 1.807) is 24.3 Å². The fourth-order valence-electron chi connectivity index (χ4n) is 1.51. The average molecular weight is 251 g/mol. The Morgan fingerprint density at radius 1 is 1.39 bits per heavy atom. The zero-order valence-corrected chi connectivity index (χ0v) is 10.9. The predicted octanol–water partition coefficient (Wildman–Crippen LogP) is -0.0602. The van der Waals surface area contributed by atoms with Crippen LogP contribution in [-0.2, 0) is 11.2 Å². The Kier molecular flexibility index (Phi) is 5.61. The third kappa shape index (κ3) is 5.16. The number of aromatic hydroxyl groups is 1. The van der Waals surface area contributed by atoms with Gasteiger partial charge < -0.3 is 21.1 Å². The van der Waals surface area contributed by atoms with E-state index in [4.69, 9.17) is 10.8 Å². The van der Waals surface area contributed by atoms with Gasteiger partial charge in [0.1, 0.15) is 5.75 Å². The molecule has 1 unspecified atom stereocenters. The van der Waals surface area contributed by atoms with Crippen LogP contribution in [0.2, 0.25) is 0 Å². The van der Waals surface area contributed by atoms with Crippen molar-refractivity contribution in [3.05, 3.63) is 29.8 Å². The molecule has 0 saturated heterocycles. The molecule has 1 aromatic carbocycles. The quantitative estimate of drug-likeness (QED) is 0.662. The molecule has 1 amide bonds. The van der Waals surface area contributed by atoms with Gasteiger partial charge in [-0.15, -0.1) is 0 Å². The molecule has 0 saturated carbocycles. The number of nitrogens with one attached hydrogen (secondary N) is 1. The molecular formula is C13H21N3O2. The lowest BCUT2D eigenvalue weighted by molar-refractivity contribution is -0.122. The van der Waals surface area contributed by atoms with Gasteiger partial charge in [0.05, 0.1) is 6.04 Å². The summed E-state index contributed by atoms with van der Waals surface area (Å²) in [5.74, 6) is 0.0627. The van der Waals surface area contributed by atoms with Gasteiger partial charge in [0.25, 0.3) is 0 Å². The summed E-state index contributed by atoms with van der Waals surface area (Å²) in [6.45, 7) is 1.38. The summed E-state index contributed by atoms with van der Waals surface area (Å²) >= 11 is 0. The molecule has 5 nitrogen and oxygen atoms in total. The van der Waals surface area contributed by atoms with E-state index < -0.39 is 6.04 Å². The molecule has 0 radical (unpaired) electrons. The zero-order chi connectivity index (χ0) is 13.5. The Morgan fingerprint density at radius 2 is 2.00 bits per heavy atom. The van der Waals surface area contributed by atoms with Crippen LogP contribution >= 0.6 is 0 Å². The van der Waals surface area contributed by atoms with Crippen molar-refractivity contribution in [3.63, 3.8) is 0 Å². The second-order valence-corrected chi connectivity index (χ2v) is 4.57. The molecule has 0 bridgehead atoms. The number of nitrogens with zero attached hydrogens (tertiary/aromatic N) is 1. The van der Waals surface area contributed by atoms with Crippen LogP contribution in [0, 0.1) is 0 Å². The topological polar surface area (TPSA) is 78.6 Å². The van der Waals surface area contributed by atoms with E-state index in [0.29, 0.717) is 13.0 Å². The fraction of sp³-hybridized carbons (Fsp3) is 0.462. The summed E-state index contributed by atoms with van der Waals surface area (Å²) in [6.07, 6.45) is 0.466. The van der Waals surface area contributed by atoms with Crippen molar-refractivity contribution < 1.29 is 9.90 Å². The third-order valence-corrected chi connectivity index (χ3v) is 2.59. The number of hydrogen-bond donors (Lipinski definition) is 3. The second-order valence-electron chi connectivity index (χ2n) is 4.57. The highest BCUT2D eigenvalue weighted by Gasteiger charge is 2.13. The number of likely N-dealkylation sites (N-methyl/N-ethyl adjacent to an activating group) is 1. The molecule has 0 aromatic heterocycles. The van der Waals surface area contributed by atoms with Crippen LogP contribution in [0.5, 0.6) is 5.75 Å². The van der Waals surface area contributed by atoms with Gasteiger partial charge in [0, 0.05) is 13.1 Å². The van der Waals surface area contributed by atoms with Crippen LogP contribution < -0.4 is 11.1 Å².